The fraction of sp³-hybridized carbons (Fsp3) is 0.167. The van der Waals surface area contributed by atoms with Crippen LogP contribution >= 0.6 is 0 Å². The molecule has 1 aromatic heterocycles. The van der Waals surface area contributed by atoms with Crippen molar-refractivity contribution in [2.75, 3.05) is 5.73 Å². The molecular formula is C6H7N5. The third-order valence-corrected chi connectivity index (χ3v) is 1.19. The molecule has 1 rings (SSSR count). The van der Waals surface area contributed by atoms with Crippen molar-refractivity contribution in [3.63, 3.8) is 0 Å². The van der Waals surface area contributed by atoms with Crippen molar-refractivity contribution in [3.8, 4) is 6.07 Å². The van der Waals surface area contributed by atoms with E-state index in [9.17, 15) is 0 Å². The SMILES string of the molecule is C=CCn1c(N)nnc1C#N. The van der Waals surface area contributed by atoms with E-state index in [2.05, 4.69) is 16.8 Å². The summed E-state index contributed by atoms with van der Waals surface area (Å²) >= 11 is 0. The van der Waals surface area contributed by atoms with E-state index in [1.165, 1.54) is 4.57 Å². The van der Waals surface area contributed by atoms with Gasteiger partial charge >= 0.3 is 0 Å². The molecule has 0 fully saturated rings. The van der Waals surface area contributed by atoms with Gasteiger partial charge in [-0.25, -0.2) is 0 Å². The number of hydrogen-bond donors (Lipinski definition) is 1. The highest BCUT2D eigenvalue weighted by Gasteiger charge is 2.05. The molecule has 0 bridgehead atoms. The molecule has 0 aliphatic rings. The van der Waals surface area contributed by atoms with E-state index < -0.39 is 0 Å². The average Bonchev–Trinajstić information content (AvgIpc) is 2.34. The van der Waals surface area contributed by atoms with Crippen molar-refractivity contribution in [3.05, 3.63) is 18.5 Å². The van der Waals surface area contributed by atoms with Crippen LogP contribution in [-0.2, 0) is 6.54 Å². The number of nitriles is 1. The molecule has 0 amide bonds. The van der Waals surface area contributed by atoms with Crippen LogP contribution in [0.2, 0.25) is 0 Å². The Bertz CT molecular complexity index is 305. The lowest BCUT2D eigenvalue weighted by Crippen LogP contribution is -2.03. The second-order valence-corrected chi connectivity index (χ2v) is 1.89. The first-order valence-electron chi connectivity index (χ1n) is 2.99. The highest BCUT2D eigenvalue weighted by atomic mass is 15.3. The summed E-state index contributed by atoms with van der Waals surface area (Å²) in [5.41, 5.74) is 5.39. The predicted molar refractivity (Wildman–Crippen MR) is 39.3 cm³/mol. The number of nitrogen functional groups attached to an aromatic ring is 1. The van der Waals surface area contributed by atoms with Gasteiger partial charge < -0.3 is 5.73 Å². The Hall–Kier alpha value is -1.83. The molecule has 0 aliphatic heterocycles. The van der Waals surface area contributed by atoms with Gasteiger partial charge in [-0.2, -0.15) is 5.26 Å². The molecule has 0 saturated carbocycles. The van der Waals surface area contributed by atoms with Crippen molar-refractivity contribution in [2.24, 2.45) is 0 Å². The van der Waals surface area contributed by atoms with Crippen LogP contribution < -0.4 is 5.73 Å². The average molecular weight is 149 g/mol. The van der Waals surface area contributed by atoms with Crippen LogP contribution in [0.5, 0.6) is 0 Å². The highest BCUT2D eigenvalue weighted by Crippen LogP contribution is 2.01. The van der Waals surface area contributed by atoms with Crippen molar-refractivity contribution in [1.29, 1.82) is 5.26 Å². The lowest BCUT2D eigenvalue weighted by molar-refractivity contribution is 0.815. The van der Waals surface area contributed by atoms with E-state index in [0.29, 0.717) is 6.54 Å². The van der Waals surface area contributed by atoms with E-state index in [4.69, 9.17) is 11.0 Å². The smallest absolute Gasteiger partial charge is 0.236 e. The molecule has 0 spiro atoms. The number of hydrogen-bond acceptors (Lipinski definition) is 4. The monoisotopic (exact) mass is 149 g/mol. The van der Waals surface area contributed by atoms with Gasteiger partial charge in [0.2, 0.25) is 11.8 Å². The van der Waals surface area contributed by atoms with Crippen molar-refractivity contribution >= 4 is 5.95 Å². The van der Waals surface area contributed by atoms with Gasteiger partial charge in [-0.3, -0.25) is 4.57 Å². The predicted octanol–water partition coefficient (Wildman–Crippen LogP) is -0.0820. The van der Waals surface area contributed by atoms with Gasteiger partial charge in [-0.1, -0.05) is 6.08 Å². The van der Waals surface area contributed by atoms with Crippen LogP contribution in [0.3, 0.4) is 0 Å². The lowest BCUT2D eigenvalue weighted by atomic mass is 10.5. The van der Waals surface area contributed by atoms with Gasteiger partial charge in [0.05, 0.1) is 0 Å². The molecule has 2 N–H and O–H groups in total. The van der Waals surface area contributed by atoms with Gasteiger partial charge in [0.15, 0.2) is 0 Å². The number of allylic oxidation sites excluding steroid dienone is 1. The first-order chi connectivity index (χ1) is 5.29. The van der Waals surface area contributed by atoms with Crippen LogP contribution in [0.25, 0.3) is 0 Å². The van der Waals surface area contributed by atoms with Crippen LogP contribution in [0, 0.1) is 11.3 Å². The molecule has 0 saturated heterocycles. The van der Waals surface area contributed by atoms with Gasteiger partial charge in [-0.05, 0) is 0 Å². The minimum absolute atomic E-state index is 0.211. The van der Waals surface area contributed by atoms with Crippen LogP contribution in [0.4, 0.5) is 5.95 Å². The zero-order valence-corrected chi connectivity index (χ0v) is 5.86. The molecule has 0 aliphatic carbocycles. The van der Waals surface area contributed by atoms with Crippen LogP contribution in [-0.4, -0.2) is 14.8 Å². The highest BCUT2D eigenvalue weighted by molar-refractivity contribution is 5.24. The standard InChI is InChI=1S/C6H7N5/c1-2-3-11-5(4-7)9-10-6(11)8/h2H,1,3H2,(H2,8,10). The molecule has 0 radical (unpaired) electrons. The minimum atomic E-state index is 0.211. The number of aromatic nitrogens is 3. The van der Waals surface area contributed by atoms with Crippen LogP contribution in [0.1, 0.15) is 5.82 Å². The third kappa shape index (κ3) is 1.19. The second-order valence-electron chi connectivity index (χ2n) is 1.89. The minimum Gasteiger partial charge on any atom is -0.368 e. The molecule has 0 aromatic carbocycles. The van der Waals surface area contributed by atoms with Crippen molar-refractivity contribution < 1.29 is 0 Å². The number of nitrogens with zero attached hydrogens (tertiary/aromatic N) is 4. The molecule has 11 heavy (non-hydrogen) atoms. The Morgan fingerprint density at radius 2 is 2.45 bits per heavy atom. The Labute approximate surface area is 63.8 Å². The summed E-state index contributed by atoms with van der Waals surface area (Å²) in [4.78, 5) is 0. The van der Waals surface area contributed by atoms with Gasteiger partial charge in [0.1, 0.15) is 6.07 Å². The summed E-state index contributed by atoms with van der Waals surface area (Å²) in [6.45, 7) is 3.97. The number of anilines is 1. The first-order valence-corrected chi connectivity index (χ1v) is 2.99. The Balaban J connectivity index is 3.09. The summed E-state index contributed by atoms with van der Waals surface area (Å²) in [5, 5.41) is 15.6. The Morgan fingerprint density at radius 3 is 3.00 bits per heavy atom. The lowest BCUT2D eigenvalue weighted by Gasteiger charge is -1.97. The fourth-order valence-electron chi connectivity index (χ4n) is 0.707. The maximum absolute atomic E-state index is 8.50. The largest absolute Gasteiger partial charge is 0.368 e. The van der Waals surface area contributed by atoms with E-state index in [1.54, 1.807) is 6.08 Å². The Kier molecular flexibility index (Phi) is 1.88. The molecular weight excluding hydrogens is 142 g/mol. The maximum atomic E-state index is 8.50. The van der Waals surface area contributed by atoms with Crippen LogP contribution in [0.15, 0.2) is 12.7 Å². The van der Waals surface area contributed by atoms with E-state index >= 15 is 0 Å². The second kappa shape index (κ2) is 2.84. The third-order valence-electron chi connectivity index (χ3n) is 1.19. The summed E-state index contributed by atoms with van der Waals surface area (Å²) in [5.74, 6) is 0.448. The molecule has 56 valence electrons. The molecule has 0 atom stereocenters. The van der Waals surface area contributed by atoms with E-state index in [-0.39, 0.29) is 11.8 Å². The first kappa shape index (κ1) is 7.28. The van der Waals surface area contributed by atoms with Gasteiger partial charge in [-0.15, -0.1) is 16.8 Å². The zero-order chi connectivity index (χ0) is 8.27. The normalized spacial score (nSPS) is 9.00. The molecule has 0 unspecified atom stereocenters. The summed E-state index contributed by atoms with van der Waals surface area (Å²) in [6, 6.07) is 1.86. The van der Waals surface area contributed by atoms with Crippen molar-refractivity contribution in [1.82, 2.24) is 14.8 Å². The summed E-state index contributed by atoms with van der Waals surface area (Å²) in [7, 11) is 0. The molecule has 1 aromatic rings. The zero-order valence-electron chi connectivity index (χ0n) is 5.86. The fourth-order valence-corrected chi connectivity index (χ4v) is 0.707. The van der Waals surface area contributed by atoms with E-state index in [1.807, 2.05) is 6.07 Å². The number of rotatable bonds is 2. The molecule has 5 nitrogen and oxygen atoms in total. The summed E-state index contributed by atoms with van der Waals surface area (Å²) in [6.07, 6.45) is 1.63. The summed E-state index contributed by atoms with van der Waals surface area (Å²) < 4.78 is 1.48. The van der Waals surface area contributed by atoms with Gasteiger partial charge in [0, 0.05) is 6.54 Å². The Morgan fingerprint density at radius 1 is 1.73 bits per heavy atom. The number of nitrogens with two attached hydrogens (primary N) is 1. The topological polar surface area (TPSA) is 80.5 Å². The van der Waals surface area contributed by atoms with E-state index in [0.717, 1.165) is 0 Å². The molecule has 1 heterocycles. The van der Waals surface area contributed by atoms with Crippen molar-refractivity contribution in [2.45, 2.75) is 6.54 Å². The maximum Gasteiger partial charge on any atom is 0.236 e. The van der Waals surface area contributed by atoms with Gasteiger partial charge in [0.25, 0.3) is 0 Å². The quantitative estimate of drug-likeness (QED) is 0.596. The molecule has 5 heteroatoms.